The SMILES string of the molecule is CN1C(=O)COC[C@@H]2CCN(C(=O)c3ccccc3F)C[C@@H]21. The summed E-state index contributed by atoms with van der Waals surface area (Å²) in [6.07, 6.45) is 0.752. The van der Waals surface area contributed by atoms with Crippen molar-refractivity contribution < 1.29 is 18.7 Å². The second-order valence-corrected chi connectivity index (χ2v) is 5.87. The molecule has 2 fully saturated rings. The normalized spacial score (nSPS) is 25.6. The average molecular weight is 306 g/mol. The van der Waals surface area contributed by atoms with E-state index in [-0.39, 0.29) is 35.9 Å². The molecule has 2 saturated heterocycles. The molecule has 0 spiro atoms. The van der Waals surface area contributed by atoms with Gasteiger partial charge in [-0.15, -0.1) is 0 Å². The highest BCUT2D eigenvalue weighted by molar-refractivity contribution is 5.94. The van der Waals surface area contributed by atoms with Gasteiger partial charge < -0.3 is 14.5 Å². The highest BCUT2D eigenvalue weighted by Crippen LogP contribution is 2.26. The molecule has 0 aromatic heterocycles. The molecule has 118 valence electrons. The third-order valence-electron chi connectivity index (χ3n) is 4.56. The quantitative estimate of drug-likeness (QED) is 0.782. The second kappa shape index (κ2) is 6.04. The minimum Gasteiger partial charge on any atom is -0.371 e. The molecule has 0 unspecified atom stereocenters. The lowest BCUT2D eigenvalue weighted by molar-refractivity contribution is -0.134. The van der Waals surface area contributed by atoms with E-state index in [2.05, 4.69) is 0 Å². The maximum atomic E-state index is 13.8. The molecule has 5 nitrogen and oxygen atoms in total. The lowest BCUT2D eigenvalue weighted by Crippen LogP contribution is -2.54. The van der Waals surface area contributed by atoms with E-state index >= 15 is 0 Å². The average Bonchev–Trinajstić information content (AvgIpc) is 2.67. The summed E-state index contributed by atoms with van der Waals surface area (Å²) < 4.78 is 19.2. The van der Waals surface area contributed by atoms with Crippen LogP contribution in [0.1, 0.15) is 16.8 Å². The Bertz CT molecular complexity index is 593. The molecule has 22 heavy (non-hydrogen) atoms. The summed E-state index contributed by atoms with van der Waals surface area (Å²) in [5.41, 5.74) is 0.0831. The highest BCUT2D eigenvalue weighted by Gasteiger charge is 2.38. The maximum Gasteiger partial charge on any atom is 0.256 e. The fourth-order valence-electron chi connectivity index (χ4n) is 3.19. The van der Waals surface area contributed by atoms with Crippen molar-refractivity contribution in [2.75, 3.05) is 33.4 Å². The van der Waals surface area contributed by atoms with Gasteiger partial charge in [0.05, 0.1) is 18.2 Å². The Morgan fingerprint density at radius 2 is 2.14 bits per heavy atom. The number of carbonyl (C=O) groups excluding carboxylic acids is 2. The van der Waals surface area contributed by atoms with Gasteiger partial charge in [-0.25, -0.2) is 4.39 Å². The van der Waals surface area contributed by atoms with Crippen LogP contribution in [-0.4, -0.2) is 61.0 Å². The van der Waals surface area contributed by atoms with Crippen LogP contribution >= 0.6 is 0 Å². The van der Waals surface area contributed by atoms with Crippen LogP contribution in [0.15, 0.2) is 24.3 Å². The van der Waals surface area contributed by atoms with E-state index in [4.69, 9.17) is 4.74 Å². The number of nitrogens with zero attached hydrogens (tertiary/aromatic N) is 2. The summed E-state index contributed by atoms with van der Waals surface area (Å²) in [4.78, 5) is 27.7. The predicted octanol–water partition coefficient (Wildman–Crippen LogP) is 1.14. The van der Waals surface area contributed by atoms with Crippen LogP contribution in [0.3, 0.4) is 0 Å². The number of fused-ring (bicyclic) bond motifs is 1. The Morgan fingerprint density at radius 3 is 2.91 bits per heavy atom. The number of likely N-dealkylation sites (N-methyl/N-ethyl adjacent to an activating group) is 1. The standard InChI is InChI=1S/C16H19FN2O3/c1-18-14-8-19(7-6-11(14)9-22-10-15(18)20)16(21)12-4-2-3-5-13(12)17/h2-5,11,14H,6-10H2,1H3/t11-,14-/m0/s1. The van der Waals surface area contributed by atoms with Crippen molar-refractivity contribution in [3.05, 3.63) is 35.6 Å². The Labute approximate surface area is 128 Å². The van der Waals surface area contributed by atoms with Gasteiger partial charge >= 0.3 is 0 Å². The van der Waals surface area contributed by atoms with Crippen molar-refractivity contribution in [3.8, 4) is 0 Å². The molecule has 2 amide bonds. The molecular formula is C16H19FN2O3. The first-order valence-corrected chi connectivity index (χ1v) is 7.45. The summed E-state index contributed by atoms with van der Waals surface area (Å²) in [6, 6.07) is 5.93. The lowest BCUT2D eigenvalue weighted by atomic mass is 9.91. The number of likely N-dealkylation sites (tertiary alicyclic amines) is 1. The number of rotatable bonds is 1. The van der Waals surface area contributed by atoms with Crippen molar-refractivity contribution in [1.29, 1.82) is 0 Å². The van der Waals surface area contributed by atoms with E-state index in [0.29, 0.717) is 19.7 Å². The number of hydrogen-bond acceptors (Lipinski definition) is 3. The molecule has 2 aliphatic heterocycles. The monoisotopic (exact) mass is 306 g/mol. The van der Waals surface area contributed by atoms with E-state index in [9.17, 15) is 14.0 Å². The Morgan fingerprint density at radius 1 is 1.36 bits per heavy atom. The number of halogens is 1. The van der Waals surface area contributed by atoms with Gasteiger partial charge in [0.1, 0.15) is 12.4 Å². The van der Waals surface area contributed by atoms with Gasteiger partial charge in [-0.05, 0) is 18.6 Å². The van der Waals surface area contributed by atoms with Crippen LogP contribution in [0.5, 0.6) is 0 Å². The maximum absolute atomic E-state index is 13.8. The topological polar surface area (TPSA) is 49.9 Å². The zero-order chi connectivity index (χ0) is 15.7. The molecule has 1 aromatic carbocycles. The smallest absolute Gasteiger partial charge is 0.256 e. The molecule has 2 heterocycles. The molecule has 0 aliphatic carbocycles. The Kier molecular flexibility index (Phi) is 4.11. The summed E-state index contributed by atoms with van der Waals surface area (Å²) in [7, 11) is 1.74. The largest absolute Gasteiger partial charge is 0.371 e. The number of hydrogen-bond donors (Lipinski definition) is 0. The third kappa shape index (κ3) is 2.70. The van der Waals surface area contributed by atoms with Crippen molar-refractivity contribution >= 4 is 11.8 Å². The van der Waals surface area contributed by atoms with Gasteiger partial charge in [0.2, 0.25) is 5.91 Å². The zero-order valence-corrected chi connectivity index (χ0v) is 12.5. The van der Waals surface area contributed by atoms with Crippen molar-refractivity contribution in [3.63, 3.8) is 0 Å². The molecule has 2 aliphatic rings. The lowest BCUT2D eigenvalue weighted by Gasteiger charge is -2.41. The molecule has 0 saturated carbocycles. The Hall–Kier alpha value is -1.95. The molecule has 2 atom stereocenters. The van der Waals surface area contributed by atoms with Crippen LogP contribution in [0, 0.1) is 11.7 Å². The first-order valence-electron chi connectivity index (χ1n) is 7.45. The number of carbonyl (C=O) groups is 2. The first kappa shape index (κ1) is 15.0. The first-order chi connectivity index (χ1) is 10.6. The van der Waals surface area contributed by atoms with Crippen LogP contribution in [-0.2, 0) is 9.53 Å². The van der Waals surface area contributed by atoms with E-state index in [0.717, 1.165) is 6.42 Å². The van der Waals surface area contributed by atoms with Crippen LogP contribution < -0.4 is 0 Å². The predicted molar refractivity (Wildman–Crippen MR) is 77.8 cm³/mol. The number of piperidine rings is 1. The molecule has 6 heteroatoms. The van der Waals surface area contributed by atoms with Gasteiger partial charge in [0, 0.05) is 26.1 Å². The van der Waals surface area contributed by atoms with Gasteiger partial charge in [0.25, 0.3) is 5.91 Å². The van der Waals surface area contributed by atoms with Crippen molar-refractivity contribution in [1.82, 2.24) is 9.80 Å². The van der Waals surface area contributed by atoms with Crippen molar-refractivity contribution in [2.45, 2.75) is 12.5 Å². The molecule has 3 rings (SSSR count). The van der Waals surface area contributed by atoms with E-state index in [1.165, 1.54) is 12.1 Å². The number of amides is 2. The van der Waals surface area contributed by atoms with Gasteiger partial charge in [-0.2, -0.15) is 0 Å². The minimum atomic E-state index is -0.511. The van der Waals surface area contributed by atoms with Crippen LogP contribution in [0.25, 0.3) is 0 Å². The molecule has 0 N–H and O–H groups in total. The van der Waals surface area contributed by atoms with Gasteiger partial charge in [-0.1, -0.05) is 12.1 Å². The van der Waals surface area contributed by atoms with Crippen LogP contribution in [0.2, 0.25) is 0 Å². The minimum absolute atomic E-state index is 0.0699. The van der Waals surface area contributed by atoms with Gasteiger partial charge in [-0.3, -0.25) is 9.59 Å². The molecule has 0 bridgehead atoms. The zero-order valence-electron chi connectivity index (χ0n) is 12.5. The summed E-state index contributed by atoms with van der Waals surface area (Å²) in [6.45, 7) is 1.59. The third-order valence-corrected chi connectivity index (χ3v) is 4.56. The van der Waals surface area contributed by atoms with Crippen molar-refractivity contribution in [2.24, 2.45) is 5.92 Å². The highest BCUT2D eigenvalue weighted by atomic mass is 19.1. The second-order valence-electron chi connectivity index (χ2n) is 5.87. The van der Waals surface area contributed by atoms with E-state index < -0.39 is 5.82 Å². The number of benzene rings is 1. The summed E-state index contributed by atoms with van der Waals surface area (Å²) in [5, 5.41) is 0. The Balaban J connectivity index is 1.79. The van der Waals surface area contributed by atoms with E-state index in [1.807, 2.05) is 0 Å². The summed E-state index contributed by atoms with van der Waals surface area (Å²) in [5.74, 6) is -0.681. The number of ether oxygens (including phenoxy) is 1. The molecule has 0 radical (unpaired) electrons. The molecule has 1 aromatic rings. The summed E-state index contributed by atoms with van der Waals surface area (Å²) >= 11 is 0. The van der Waals surface area contributed by atoms with Crippen LogP contribution in [0.4, 0.5) is 4.39 Å². The fraction of sp³-hybridized carbons (Fsp3) is 0.500. The van der Waals surface area contributed by atoms with Gasteiger partial charge in [0.15, 0.2) is 0 Å². The molecular weight excluding hydrogens is 287 g/mol. The van der Waals surface area contributed by atoms with E-state index in [1.54, 1.807) is 29.0 Å². The fourth-order valence-corrected chi connectivity index (χ4v) is 3.19.